The van der Waals surface area contributed by atoms with E-state index in [4.69, 9.17) is 37.9 Å². The normalized spacial score (nSPS) is 57.4. The maximum Gasteiger partial charge on any atom is 0.187 e. The Kier molecular flexibility index (Phi) is 13.3. The highest BCUT2D eigenvalue weighted by molar-refractivity contribution is 5.29. The van der Waals surface area contributed by atoms with E-state index in [2.05, 4.69) is 26.8 Å². The minimum Gasteiger partial charge on any atom is -0.396 e. The molecule has 64 heavy (non-hydrogen) atoms. The molecule has 8 fully saturated rings. The lowest BCUT2D eigenvalue weighted by molar-refractivity contribution is -0.394. The molecule has 4 aliphatic carbocycles. The third-order valence-corrected chi connectivity index (χ3v) is 18.1. The Hall–Kier alpha value is -1.02. The minimum absolute atomic E-state index is 0.0716. The van der Waals surface area contributed by atoms with E-state index < -0.39 is 123 Å². The maximum absolute atomic E-state index is 12.8. The van der Waals surface area contributed by atoms with Crippen molar-refractivity contribution >= 4 is 0 Å². The highest BCUT2D eigenvalue weighted by atomic mass is 16.8. The summed E-state index contributed by atoms with van der Waals surface area (Å²) in [6.07, 6.45) is -15.4. The number of aliphatic hydroxyl groups excluding tert-OH is 10. The van der Waals surface area contributed by atoms with Gasteiger partial charge in [0.05, 0.1) is 38.1 Å². The summed E-state index contributed by atoms with van der Waals surface area (Å²) in [7, 11) is 0. The van der Waals surface area contributed by atoms with Crippen molar-refractivity contribution in [3.8, 4) is 0 Å². The number of aliphatic hydroxyl groups is 11. The average Bonchev–Trinajstić information content (AvgIpc) is 3.64. The van der Waals surface area contributed by atoms with E-state index in [1.807, 2.05) is 0 Å². The summed E-state index contributed by atoms with van der Waals surface area (Å²) >= 11 is 0. The number of hydrogen-bond donors (Lipinski definition) is 11. The predicted octanol–water partition coefficient (Wildman–Crippen LogP) is -1.70. The fourth-order valence-corrected chi connectivity index (χ4v) is 14.0. The molecule has 0 radical (unpaired) electrons. The molecule has 3 saturated carbocycles. The molecule has 1 spiro atoms. The lowest BCUT2D eigenvalue weighted by Crippen LogP contribution is -2.67. The van der Waals surface area contributed by atoms with Crippen LogP contribution in [-0.2, 0) is 37.9 Å². The minimum atomic E-state index is -1.87. The third-order valence-electron chi connectivity index (χ3n) is 18.1. The van der Waals surface area contributed by atoms with Gasteiger partial charge in [-0.3, -0.25) is 0 Å². The molecular formula is C45H72O19. The van der Waals surface area contributed by atoms with Gasteiger partial charge in [0.25, 0.3) is 0 Å². The standard InChI is InChI=1S/C45H72O19/c1-19-30(49)33(52)35(54)39(58-19)63-38-37(62-40-36(55)34(53)31(50)27(16-47)60-40)32(51)28(17-48)61-41(38)59-23-8-10-42(3)22(13-23)5-6-24-25(42)9-11-43(4)26(24)14-29-45(43,56)20(2)44(64-29)12-7-21(15-46)18-57-44/h5,19-21,23-41,46-56H,6-18H2,1-4H3/t19-,20+,21+,23-,24+,25-,26-,27+,28+,29-,30-,31+,32+,33+,34-,35+,36+,37-,38+,39-,40-,41+,42-,43-,44+,45+/m0/s1. The molecule has 26 atom stereocenters. The highest BCUT2D eigenvalue weighted by Crippen LogP contribution is 2.72. The molecule has 9 aliphatic rings. The van der Waals surface area contributed by atoms with Crippen LogP contribution >= 0.6 is 0 Å². The lowest BCUT2D eigenvalue weighted by atomic mass is 9.46. The zero-order valence-corrected chi connectivity index (χ0v) is 37.2. The molecular weight excluding hydrogens is 844 g/mol. The van der Waals surface area contributed by atoms with Crippen LogP contribution in [0.3, 0.4) is 0 Å². The molecule has 0 bridgehead atoms. The number of fused-ring (bicyclic) bond motifs is 7. The summed E-state index contributed by atoms with van der Waals surface area (Å²) < 4.78 is 49.8. The zero-order valence-electron chi connectivity index (χ0n) is 37.2. The van der Waals surface area contributed by atoms with Gasteiger partial charge in [0.2, 0.25) is 0 Å². The van der Waals surface area contributed by atoms with Crippen molar-refractivity contribution in [2.24, 2.45) is 40.4 Å². The first-order valence-electron chi connectivity index (χ1n) is 23.6. The quantitative estimate of drug-likeness (QED) is 0.115. The molecule has 11 N–H and O–H groups in total. The number of hydrogen-bond acceptors (Lipinski definition) is 19. The second kappa shape index (κ2) is 17.7. The van der Waals surface area contributed by atoms with E-state index in [1.165, 1.54) is 12.5 Å². The molecule has 0 aromatic heterocycles. The fraction of sp³-hybridized carbons (Fsp3) is 0.956. The summed E-state index contributed by atoms with van der Waals surface area (Å²) in [5.41, 5.74) is -0.360. The van der Waals surface area contributed by atoms with Crippen molar-refractivity contribution < 1.29 is 94.1 Å². The van der Waals surface area contributed by atoms with Crippen LogP contribution in [-0.4, -0.2) is 198 Å². The van der Waals surface area contributed by atoms with Gasteiger partial charge >= 0.3 is 0 Å². The maximum atomic E-state index is 12.8. The Balaban J connectivity index is 0.942. The van der Waals surface area contributed by atoms with Crippen LogP contribution in [0.4, 0.5) is 0 Å². The molecule has 0 unspecified atom stereocenters. The zero-order chi connectivity index (χ0) is 45.8. The lowest BCUT2D eigenvalue weighted by Gasteiger charge is -2.60. The molecule has 0 amide bonds. The van der Waals surface area contributed by atoms with E-state index in [0.717, 1.165) is 38.5 Å². The van der Waals surface area contributed by atoms with E-state index in [0.29, 0.717) is 37.7 Å². The first kappa shape index (κ1) is 48.0. The van der Waals surface area contributed by atoms with Crippen LogP contribution < -0.4 is 0 Å². The Morgan fingerprint density at radius 2 is 1.33 bits per heavy atom. The van der Waals surface area contributed by atoms with Gasteiger partial charge in [-0.05, 0) is 81.5 Å². The second-order valence-corrected chi connectivity index (χ2v) is 21.1. The molecule has 0 aromatic rings. The van der Waals surface area contributed by atoms with Crippen LogP contribution in [0.25, 0.3) is 0 Å². The van der Waals surface area contributed by atoms with Gasteiger partial charge in [-0.25, -0.2) is 0 Å². The van der Waals surface area contributed by atoms with Gasteiger partial charge in [0.1, 0.15) is 72.7 Å². The molecule has 19 heteroatoms. The average molecular weight is 917 g/mol. The Labute approximate surface area is 373 Å². The van der Waals surface area contributed by atoms with E-state index in [-0.39, 0.29) is 41.3 Å². The topological polar surface area (TPSA) is 296 Å². The summed E-state index contributed by atoms with van der Waals surface area (Å²) in [5, 5.41) is 118. The molecule has 19 nitrogen and oxygen atoms in total. The Bertz CT molecular complexity index is 1680. The van der Waals surface area contributed by atoms with Crippen molar-refractivity contribution in [1.82, 2.24) is 0 Å². The van der Waals surface area contributed by atoms with Gasteiger partial charge in [-0.15, -0.1) is 0 Å². The Morgan fingerprint density at radius 3 is 2.00 bits per heavy atom. The van der Waals surface area contributed by atoms with Gasteiger partial charge in [0.15, 0.2) is 24.7 Å². The predicted molar refractivity (Wildman–Crippen MR) is 217 cm³/mol. The second-order valence-electron chi connectivity index (χ2n) is 21.1. The Morgan fingerprint density at radius 1 is 0.672 bits per heavy atom. The summed E-state index contributed by atoms with van der Waals surface area (Å²) in [6.45, 7) is 7.17. The summed E-state index contributed by atoms with van der Waals surface area (Å²) in [4.78, 5) is 0. The van der Waals surface area contributed by atoms with Crippen LogP contribution in [0.2, 0.25) is 0 Å². The number of ether oxygens (including phenoxy) is 8. The fourth-order valence-electron chi connectivity index (χ4n) is 14.0. The third kappa shape index (κ3) is 7.42. The van der Waals surface area contributed by atoms with Crippen molar-refractivity contribution in [2.45, 2.75) is 201 Å². The number of rotatable bonds is 9. The molecule has 5 heterocycles. The van der Waals surface area contributed by atoms with Crippen LogP contribution in [0.1, 0.15) is 85.5 Å². The van der Waals surface area contributed by atoms with E-state index in [1.54, 1.807) is 0 Å². The van der Waals surface area contributed by atoms with Gasteiger partial charge in [-0.2, -0.15) is 0 Å². The SMILES string of the molecule is C[C@@H]1O[C@@H](O[C@H]2[C@H](O[C@H]3CC[C@@]4(C)C(=CC[C@@H]5[C@@H]4CC[C@@]4(C)[C@H]5C[C@@H]5O[C@]6(CC[C@H](CO)CO6)[C@@H](C)[C@@]54O)C3)O[C@H](CO)[C@@H](O)[C@@H]2O[C@@H]2O[C@H](CO)[C@@H](O)[C@H](O)[C@H]2O)[C@H](O)[C@H](O)[C@H]1O. The van der Waals surface area contributed by atoms with E-state index in [9.17, 15) is 56.2 Å². The monoisotopic (exact) mass is 916 g/mol. The molecule has 0 aromatic carbocycles. The largest absolute Gasteiger partial charge is 0.396 e. The molecule has 366 valence electrons. The van der Waals surface area contributed by atoms with Crippen LogP contribution in [0.5, 0.6) is 0 Å². The van der Waals surface area contributed by atoms with Crippen molar-refractivity contribution in [3.63, 3.8) is 0 Å². The molecule has 5 aliphatic heterocycles. The van der Waals surface area contributed by atoms with E-state index >= 15 is 0 Å². The highest BCUT2D eigenvalue weighted by Gasteiger charge is 2.76. The van der Waals surface area contributed by atoms with Gasteiger partial charge in [-0.1, -0.05) is 32.4 Å². The van der Waals surface area contributed by atoms with Crippen LogP contribution in [0.15, 0.2) is 11.6 Å². The van der Waals surface area contributed by atoms with Crippen molar-refractivity contribution in [3.05, 3.63) is 11.6 Å². The molecule has 5 saturated heterocycles. The first-order chi connectivity index (χ1) is 30.3. The van der Waals surface area contributed by atoms with Crippen LogP contribution in [0, 0.1) is 40.4 Å². The van der Waals surface area contributed by atoms with Crippen molar-refractivity contribution in [2.75, 3.05) is 26.4 Å². The summed E-state index contributed by atoms with van der Waals surface area (Å²) in [5.74, 6) is -0.109. The number of allylic oxidation sites excluding steroid dienone is 1. The van der Waals surface area contributed by atoms with Gasteiger partial charge < -0.3 is 94.1 Å². The summed E-state index contributed by atoms with van der Waals surface area (Å²) in [6, 6.07) is 0. The molecule has 9 rings (SSSR count). The van der Waals surface area contributed by atoms with Crippen molar-refractivity contribution in [1.29, 1.82) is 0 Å². The first-order valence-corrected chi connectivity index (χ1v) is 23.6. The van der Waals surface area contributed by atoms with Gasteiger partial charge in [0, 0.05) is 30.3 Å². The smallest absolute Gasteiger partial charge is 0.187 e.